The molecule has 0 aliphatic heterocycles. The van der Waals surface area contributed by atoms with Crippen LogP contribution in [0, 0.1) is 11.8 Å². The van der Waals surface area contributed by atoms with Crippen molar-refractivity contribution in [1.82, 2.24) is 5.32 Å². The summed E-state index contributed by atoms with van der Waals surface area (Å²) in [5, 5.41) is 3.33. The molecule has 3 N–H and O–H groups in total. The first kappa shape index (κ1) is 12.8. The molecule has 1 unspecified atom stereocenters. The van der Waals surface area contributed by atoms with Gasteiger partial charge in [0.05, 0.1) is 6.54 Å². The maximum atomic E-state index is 5.75. The summed E-state index contributed by atoms with van der Waals surface area (Å²) < 4.78 is 0. The van der Waals surface area contributed by atoms with Gasteiger partial charge in [-0.1, -0.05) is 37.1 Å². The van der Waals surface area contributed by atoms with E-state index in [1.54, 1.807) is 0 Å². The fourth-order valence-electron chi connectivity index (χ4n) is 1.59. The quantitative estimate of drug-likeness (QED) is 0.737. The van der Waals surface area contributed by atoms with Crippen LogP contribution < -0.4 is 11.1 Å². The van der Waals surface area contributed by atoms with Crippen molar-refractivity contribution in [2.75, 3.05) is 13.1 Å². The molecule has 0 aromatic heterocycles. The topological polar surface area (TPSA) is 38.0 Å². The van der Waals surface area contributed by atoms with E-state index in [1.165, 1.54) is 11.1 Å². The lowest BCUT2D eigenvalue weighted by Crippen LogP contribution is -2.28. The van der Waals surface area contributed by atoms with Crippen molar-refractivity contribution in [3.63, 3.8) is 0 Å². The van der Waals surface area contributed by atoms with Crippen molar-refractivity contribution in [3.8, 4) is 11.8 Å². The van der Waals surface area contributed by atoms with Crippen LogP contribution in [0.3, 0.4) is 0 Å². The molecule has 1 aromatic carbocycles. The first-order chi connectivity index (χ1) is 7.81. The van der Waals surface area contributed by atoms with E-state index < -0.39 is 0 Å². The van der Waals surface area contributed by atoms with Gasteiger partial charge in [0.1, 0.15) is 0 Å². The molecule has 0 saturated heterocycles. The number of nitrogens with one attached hydrogen (secondary N) is 1. The minimum absolute atomic E-state index is 0.201. The van der Waals surface area contributed by atoms with Gasteiger partial charge in [-0.05, 0) is 24.5 Å². The van der Waals surface area contributed by atoms with Crippen LogP contribution in [-0.2, 0) is 6.42 Å². The second kappa shape index (κ2) is 7.05. The maximum Gasteiger partial charge on any atom is 0.0581 e. The molecule has 0 spiro atoms. The smallest absolute Gasteiger partial charge is 0.0581 e. The molecule has 2 heteroatoms. The van der Waals surface area contributed by atoms with Crippen molar-refractivity contribution < 1.29 is 0 Å². The Kier molecular flexibility index (Phi) is 5.63. The van der Waals surface area contributed by atoms with Crippen molar-refractivity contribution in [1.29, 1.82) is 0 Å². The average molecular weight is 216 g/mol. The SMILES string of the molecule is CC#CCNC(CN)c1ccc(CC)cc1. The van der Waals surface area contributed by atoms with Gasteiger partial charge in [0.15, 0.2) is 0 Å². The van der Waals surface area contributed by atoms with E-state index in [0.29, 0.717) is 13.1 Å². The van der Waals surface area contributed by atoms with Gasteiger partial charge in [0.2, 0.25) is 0 Å². The lowest BCUT2D eigenvalue weighted by atomic mass is 10.0. The number of benzene rings is 1. The van der Waals surface area contributed by atoms with Crippen LogP contribution in [0.5, 0.6) is 0 Å². The molecule has 1 aromatic rings. The highest BCUT2D eigenvalue weighted by molar-refractivity contribution is 5.25. The summed E-state index contributed by atoms with van der Waals surface area (Å²) in [7, 11) is 0. The van der Waals surface area contributed by atoms with Crippen molar-refractivity contribution in [2.45, 2.75) is 26.3 Å². The summed E-state index contributed by atoms with van der Waals surface area (Å²) in [6, 6.07) is 8.80. The fourth-order valence-corrected chi connectivity index (χ4v) is 1.59. The van der Waals surface area contributed by atoms with Crippen LogP contribution in [-0.4, -0.2) is 13.1 Å². The van der Waals surface area contributed by atoms with Crippen molar-refractivity contribution >= 4 is 0 Å². The highest BCUT2D eigenvalue weighted by Gasteiger charge is 2.07. The normalized spacial score (nSPS) is 11.7. The van der Waals surface area contributed by atoms with E-state index in [-0.39, 0.29) is 6.04 Å². The molecule has 0 saturated carbocycles. The van der Waals surface area contributed by atoms with Crippen LogP contribution >= 0.6 is 0 Å². The first-order valence-electron chi connectivity index (χ1n) is 5.73. The molecular weight excluding hydrogens is 196 g/mol. The number of aryl methyl sites for hydroxylation is 1. The molecule has 16 heavy (non-hydrogen) atoms. The van der Waals surface area contributed by atoms with Gasteiger partial charge < -0.3 is 5.73 Å². The van der Waals surface area contributed by atoms with Crippen LogP contribution in [0.2, 0.25) is 0 Å². The largest absolute Gasteiger partial charge is 0.329 e. The summed E-state index contributed by atoms with van der Waals surface area (Å²) in [4.78, 5) is 0. The van der Waals surface area contributed by atoms with Gasteiger partial charge >= 0.3 is 0 Å². The predicted octanol–water partition coefficient (Wildman–Crippen LogP) is 1.86. The molecule has 2 nitrogen and oxygen atoms in total. The zero-order valence-electron chi connectivity index (χ0n) is 10.1. The Morgan fingerprint density at radius 2 is 2.00 bits per heavy atom. The van der Waals surface area contributed by atoms with Gasteiger partial charge in [0, 0.05) is 12.6 Å². The standard InChI is InChI=1S/C14H20N2/c1-3-5-10-16-14(11-15)13-8-6-12(4-2)7-9-13/h6-9,14,16H,4,10-11,15H2,1-2H3. The molecular formula is C14H20N2. The highest BCUT2D eigenvalue weighted by Crippen LogP contribution is 2.13. The second-order valence-electron chi connectivity index (χ2n) is 3.69. The monoisotopic (exact) mass is 216 g/mol. The average Bonchev–Trinajstić information content (AvgIpc) is 2.35. The summed E-state index contributed by atoms with van der Waals surface area (Å²) in [6.07, 6.45) is 1.07. The number of hydrogen-bond acceptors (Lipinski definition) is 2. The Morgan fingerprint density at radius 3 is 2.50 bits per heavy atom. The van der Waals surface area contributed by atoms with Crippen LogP contribution in [0.15, 0.2) is 24.3 Å². The van der Waals surface area contributed by atoms with E-state index in [9.17, 15) is 0 Å². The van der Waals surface area contributed by atoms with Crippen LogP contribution in [0.25, 0.3) is 0 Å². The molecule has 0 fully saturated rings. The summed E-state index contributed by atoms with van der Waals surface area (Å²) >= 11 is 0. The molecule has 0 aliphatic carbocycles. The Labute approximate surface area is 98.2 Å². The zero-order valence-corrected chi connectivity index (χ0v) is 10.1. The molecule has 0 bridgehead atoms. The maximum absolute atomic E-state index is 5.75. The Morgan fingerprint density at radius 1 is 1.31 bits per heavy atom. The van der Waals surface area contributed by atoms with Gasteiger partial charge in [0.25, 0.3) is 0 Å². The molecule has 86 valence electrons. The molecule has 0 heterocycles. The Bertz CT molecular complexity index is 357. The molecule has 0 aliphatic rings. The van der Waals surface area contributed by atoms with Crippen molar-refractivity contribution in [2.24, 2.45) is 5.73 Å². The zero-order chi connectivity index (χ0) is 11.8. The Balaban J connectivity index is 2.65. The van der Waals surface area contributed by atoms with Gasteiger partial charge in [-0.2, -0.15) is 0 Å². The Hall–Kier alpha value is -1.30. The molecule has 1 rings (SSSR count). The number of hydrogen-bond donors (Lipinski definition) is 2. The van der Waals surface area contributed by atoms with E-state index in [4.69, 9.17) is 5.73 Å². The molecule has 0 amide bonds. The fraction of sp³-hybridized carbons (Fsp3) is 0.429. The van der Waals surface area contributed by atoms with E-state index in [1.807, 2.05) is 6.92 Å². The van der Waals surface area contributed by atoms with Crippen LogP contribution in [0.4, 0.5) is 0 Å². The number of rotatable bonds is 5. The molecule has 1 atom stereocenters. The van der Waals surface area contributed by atoms with Gasteiger partial charge in [-0.3, -0.25) is 5.32 Å². The van der Waals surface area contributed by atoms with Crippen LogP contribution in [0.1, 0.15) is 31.0 Å². The first-order valence-corrected chi connectivity index (χ1v) is 5.73. The minimum Gasteiger partial charge on any atom is -0.329 e. The summed E-state index contributed by atoms with van der Waals surface area (Å²) in [5.41, 5.74) is 8.34. The van der Waals surface area contributed by atoms with Gasteiger partial charge in [-0.15, -0.1) is 5.92 Å². The second-order valence-corrected chi connectivity index (χ2v) is 3.69. The third-order valence-corrected chi connectivity index (χ3v) is 2.64. The van der Waals surface area contributed by atoms with Gasteiger partial charge in [-0.25, -0.2) is 0 Å². The third kappa shape index (κ3) is 3.69. The minimum atomic E-state index is 0.201. The summed E-state index contributed by atoms with van der Waals surface area (Å²) in [5.74, 6) is 5.85. The predicted molar refractivity (Wildman–Crippen MR) is 69.1 cm³/mol. The highest BCUT2D eigenvalue weighted by atomic mass is 14.9. The van der Waals surface area contributed by atoms with Crippen molar-refractivity contribution in [3.05, 3.63) is 35.4 Å². The third-order valence-electron chi connectivity index (χ3n) is 2.64. The number of nitrogens with two attached hydrogens (primary N) is 1. The lowest BCUT2D eigenvalue weighted by molar-refractivity contribution is 0.582. The van der Waals surface area contributed by atoms with E-state index in [0.717, 1.165) is 6.42 Å². The lowest BCUT2D eigenvalue weighted by Gasteiger charge is -2.15. The molecule has 0 radical (unpaired) electrons. The summed E-state index contributed by atoms with van der Waals surface area (Å²) in [6.45, 7) is 5.28. The van der Waals surface area contributed by atoms with E-state index >= 15 is 0 Å². The van der Waals surface area contributed by atoms with E-state index in [2.05, 4.69) is 48.3 Å².